The molecule has 4 heteroatoms. The highest BCUT2D eigenvalue weighted by molar-refractivity contribution is 14.1. The van der Waals surface area contributed by atoms with E-state index in [1.54, 1.807) is 11.3 Å². The standard InChI is InChI=1S/C12H18INOS/c13-12-7-9(8-16-12)11(14)5-1-3-10-4-2-6-15-10/h7-8,10-11H,1-6,14H2. The zero-order chi connectivity index (χ0) is 11.4. The molecular weight excluding hydrogens is 333 g/mol. The molecule has 0 amide bonds. The molecule has 0 aromatic carbocycles. The molecule has 0 aliphatic carbocycles. The molecule has 16 heavy (non-hydrogen) atoms. The van der Waals surface area contributed by atoms with Gasteiger partial charge in [0.25, 0.3) is 0 Å². The van der Waals surface area contributed by atoms with Crippen LogP contribution >= 0.6 is 33.9 Å². The molecule has 1 aromatic rings. The van der Waals surface area contributed by atoms with E-state index >= 15 is 0 Å². The Morgan fingerprint density at radius 1 is 1.62 bits per heavy atom. The van der Waals surface area contributed by atoms with E-state index in [1.807, 2.05) is 0 Å². The smallest absolute Gasteiger partial charge is 0.0656 e. The minimum absolute atomic E-state index is 0.209. The molecule has 1 aromatic heterocycles. The molecule has 2 heterocycles. The van der Waals surface area contributed by atoms with Crippen molar-refractivity contribution in [1.82, 2.24) is 0 Å². The third-order valence-electron chi connectivity index (χ3n) is 3.08. The summed E-state index contributed by atoms with van der Waals surface area (Å²) in [5.41, 5.74) is 7.45. The van der Waals surface area contributed by atoms with Crippen LogP contribution in [0, 0.1) is 2.88 Å². The fourth-order valence-electron chi connectivity index (χ4n) is 2.12. The van der Waals surface area contributed by atoms with Crippen molar-refractivity contribution < 1.29 is 4.74 Å². The average molecular weight is 351 g/mol. The van der Waals surface area contributed by atoms with E-state index in [-0.39, 0.29) is 6.04 Å². The van der Waals surface area contributed by atoms with Gasteiger partial charge in [-0.25, -0.2) is 0 Å². The summed E-state index contributed by atoms with van der Waals surface area (Å²) in [7, 11) is 0. The molecular formula is C12H18INOS. The normalized spacial score (nSPS) is 22.5. The minimum Gasteiger partial charge on any atom is -0.378 e. The van der Waals surface area contributed by atoms with Gasteiger partial charge in [0.1, 0.15) is 0 Å². The molecule has 0 spiro atoms. The van der Waals surface area contributed by atoms with Crippen LogP contribution in [0.5, 0.6) is 0 Å². The van der Waals surface area contributed by atoms with Gasteiger partial charge in [-0.2, -0.15) is 0 Å². The van der Waals surface area contributed by atoms with Crippen LogP contribution in [0.4, 0.5) is 0 Å². The van der Waals surface area contributed by atoms with E-state index in [2.05, 4.69) is 34.0 Å². The molecule has 2 atom stereocenters. The molecule has 2 N–H and O–H groups in total. The van der Waals surface area contributed by atoms with Crippen molar-refractivity contribution in [3.63, 3.8) is 0 Å². The van der Waals surface area contributed by atoms with Gasteiger partial charge in [-0.3, -0.25) is 0 Å². The third-order valence-corrected chi connectivity index (χ3v) is 4.89. The molecule has 0 radical (unpaired) electrons. The monoisotopic (exact) mass is 351 g/mol. The van der Waals surface area contributed by atoms with Gasteiger partial charge >= 0.3 is 0 Å². The lowest BCUT2D eigenvalue weighted by atomic mass is 10.0. The highest BCUT2D eigenvalue weighted by atomic mass is 127. The van der Waals surface area contributed by atoms with Crippen molar-refractivity contribution in [1.29, 1.82) is 0 Å². The maximum atomic E-state index is 6.16. The van der Waals surface area contributed by atoms with Gasteiger partial charge < -0.3 is 10.5 Å². The Bertz CT molecular complexity index is 323. The van der Waals surface area contributed by atoms with Gasteiger partial charge in [0.15, 0.2) is 0 Å². The van der Waals surface area contributed by atoms with Crippen molar-refractivity contribution >= 4 is 33.9 Å². The van der Waals surface area contributed by atoms with E-state index < -0.39 is 0 Å². The number of hydrogen-bond donors (Lipinski definition) is 1. The first kappa shape index (κ1) is 12.8. The Labute approximate surface area is 115 Å². The SMILES string of the molecule is NC(CCCC1CCCO1)c1csc(I)c1. The third kappa shape index (κ3) is 3.68. The predicted molar refractivity (Wildman–Crippen MR) is 76.8 cm³/mol. The molecule has 0 saturated carbocycles. The Hall–Kier alpha value is 0.350. The van der Waals surface area contributed by atoms with Crippen molar-refractivity contribution in [2.45, 2.75) is 44.2 Å². The van der Waals surface area contributed by atoms with Gasteiger partial charge in [-0.15, -0.1) is 11.3 Å². The van der Waals surface area contributed by atoms with E-state index in [1.165, 1.54) is 34.1 Å². The predicted octanol–water partition coefficient (Wildman–Crippen LogP) is 3.70. The Morgan fingerprint density at radius 2 is 2.50 bits per heavy atom. The van der Waals surface area contributed by atoms with Crippen molar-refractivity contribution in [3.05, 3.63) is 19.9 Å². The maximum Gasteiger partial charge on any atom is 0.0656 e. The fourth-order valence-corrected chi connectivity index (χ4v) is 3.56. The van der Waals surface area contributed by atoms with Gasteiger partial charge in [-0.1, -0.05) is 0 Å². The summed E-state index contributed by atoms with van der Waals surface area (Å²) in [6, 6.07) is 2.41. The van der Waals surface area contributed by atoms with Crippen LogP contribution in [0.1, 0.15) is 43.7 Å². The number of nitrogens with two attached hydrogens (primary N) is 1. The number of ether oxygens (including phenoxy) is 1. The van der Waals surface area contributed by atoms with Gasteiger partial charge in [-0.05, 0) is 71.7 Å². The fraction of sp³-hybridized carbons (Fsp3) is 0.667. The highest BCUT2D eigenvalue weighted by Crippen LogP contribution is 2.25. The molecule has 0 bridgehead atoms. The van der Waals surface area contributed by atoms with E-state index in [4.69, 9.17) is 10.5 Å². The molecule has 1 saturated heterocycles. The summed E-state index contributed by atoms with van der Waals surface area (Å²) in [5.74, 6) is 0. The summed E-state index contributed by atoms with van der Waals surface area (Å²) in [4.78, 5) is 0. The van der Waals surface area contributed by atoms with E-state index in [0.717, 1.165) is 13.0 Å². The molecule has 2 nitrogen and oxygen atoms in total. The van der Waals surface area contributed by atoms with Crippen molar-refractivity contribution in [2.75, 3.05) is 6.61 Å². The summed E-state index contributed by atoms with van der Waals surface area (Å²) < 4.78 is 6.93. The molecule has 1 aliphatic rings. The average Bonchev–Trinajstić information content (AvgIpc) is 2.89. The van der Waals surface area contributed by atoms with Crippen molar-refractivity contribution in [2.24, 2.45) is 5.73 Å². The lowest BCUT2D eigenvalue weighted by Gasteiger charge is -2.12. The zero-order valence-corrected chi connectivity index (χ0v) is 12.3. The lowest BCUT2D eigenvalue weighted by molar-refractivity contribution is 0.101. The highest BCUT2D eigenvalue weighted by Gasteiger charge is 2.15. The molecule has 1 aliphatic heterocycles. The summed E-state index contributed by atoms with van der Waals surface area (Å²) in [6.45, 7) is 0.958. The molecule has 2 unspecified atom stereocenters. The topological polar surface area (TPSA) is 35.2 Å². The van der Waals surface area contributed by atoms with Gasteiger partial charge in [0, 0.05) is 12.6 Å². The maximum absolute atomic E-state index is 6.16. The second-order valence-corrected chi connectivity index (χ2v) is 7.16. The number of rotatable bonds is 5. The van der Waals surface area contributed by atoms with Gasteiger partial charge in [0.2, 0.25) is 0 Å². The zero-order valence-electron chi connectivity index (χ0n) is 9.32. The van der Waals surface area contributed by atoms with Crippen LogP contribution in [-0.2, 0) is 4.74 Å². The summed E-state index contributed by atoms with van der Waals surface area (Å²) in [6.07, 6.45) is 6.42. The van der Waals surface area contributed by atoms with Crippen LogP contribution in [0.15, 0.2) is 11.4 Å². The van der Waals surface area contributed by atoms with E-state index in [0.29, 0.717) is 6.10 Å². The van der Waals surface area contributed by atoms with Crippen molar-refractivity contribution in [3.8, 4) is 0 Å². The van der Waals surface area contributed by atoms with Crippen LogP contribution in [0.2, 0.25) is 0 Å². The molecule has 90 valence electrons. The van der Waals surface area contributed by atoms with Crippen LogP contribution < -0.4 is 5.73 Å². The first-order valence-corrected chi connectivity index (χ1v) is 7.82. The second-order valence-electron chi connectivity index (χ2n) is 4.36. The quantitative estimate of drug-likeness (QED) is 0.821. The van der Waals surface area contributed by atoms with Gasteiger partial charge in [0.05, 0.1) is 8.99 Å². The number of thiophene rings is 1. The summed E-state index contributed by atoms with van der Waals surface area (Å²) in [5, 5.41) is 2.18. The second kappa shape index (κ2) is 6.33. The first-order chi connectivity index (χ1) is 7.75. The van der Waals surface area contributed by atoms with Crippen LogP contribution in [0.25, 0.3) is 0 Å². The Kier molecular flexibility index (Phi) is 5.06. The van der Waals surface area contributed by atoms with E-state index in [9.17, 15) is 0 Å². The Balaban J connectivity index is 1.69. The Morgan fingerprint density at radius 3 is 3.12 bits per heavy atom. The lowest BCUT2D eigenvalue weighted by Crippen LogP contribution is -2.11. The molecule has 2 rings (SSSR count). The minimum atomic E-state index is 0.209. The largest absolute Gasteiger partial charge is 0.378 e. The molecule has 1 fully saturated rings. The van der Waals surface area contributed by atoms with Crippen LogP contribution in [-0.4, -0.2) is 12.7 Å². The number of halogens is 1. The number of hydrogen-bond acceptors (Lipinski definition) is 3. The first-order valence-electron chi connectivity index (χ1n) is 5.87. The van der Waals surface area contributed by atoms with Crippen LogP contribution in [0.3, 0.4) is 0 Å². The summed E-state index contributed by atoms with van der Waals surface area (Å²) >= 11 is 4.12.